The molecule has 0 atom stereocenters. The van der Waals surface area contributed by atoms with Crippen LogP contribution in [-0.4, -0.2) is 24.6 Å². The SMILES string of the molecule is CS(C)(S)c1cccc(NC(=O)NC2CCCC2)c1. The molecule has 0 radical (unpaired) electrons. The van der Waals surface area contributed by atoms with Crippen molar-refractivity contribution in [3.8, 4) is 0 Å². The molecular formula is C14H22N2OS2. The van der Waals surface area contributed by atoms with Gasteiger partial charge in [-0.15, -0.1) is 11.7 Å². The standard InChI is InChI=1S/C14H22N2OS2/c1-19(2,18)13-9-5-8-12(10-13)16-14(17)15-11-6-3-4-7-11/h5,8-11,18H,3-4,6-7H2,1-2H3,(H2,15,16,17). The van der Waals surface area contributed by atoms with Crippen LogP contribution in [0.5, 0.6) is 0 Å². The Kier molecular flexibility index (Phi) is 4.68. The number of carbonyl (C=O) groups excluding carboxylic acids is 1. The molecule has 0 spiro atoms. The number of anilines is 1. The van der Waals surface area contributed by atoms with E-state index in [0.29, 0.717) is 6.04 Å². The zero-order chi connectivity index (χ0) is 13.9. The van der Waals surface area contributed by atoms with Crippen LogP contribution >= 0.6 is 20.7 Å². The number of amides is 2. The molecule has 0 bridgehead atoms. The quantitative estimate of drug-likeness (QED) is 0.572. The van der Waals surface area contributed by atoms with E-state index in [2.05, 4.69) is 40.9 Å². The molecule has 1 aliphatic rings. The van der Waals surface area contributed by atoms with Crippen molar-refractivity contribution in [2.45, 2.75) is 36.6 Å². The Hall–Kier alpha value is -0.810. The highest BCUT2D eigenvalue weighted by molar-refractivity contribution is 8.87. The van der Waals surface area contributed by atoms with Gasteiger partial charge in [-0.25, -0.2) is 4.79 Å². The summed E-state index contributed by atoms with van der Waals surface area (Å²) in [5.41, 5.74) is 0.836. The topological polar surface area (TPSA) is 41.1 Å². The van der Waals surface area contributed by atoms with E-state index >= 15 is 0 Å². The highest BCUT2D eigenvalue weighted by Crippen LogP contribution is 2.53. The van der Waals surface area contributed by atoms with Gasteiger partial charge in [0.25, 0.3) is 0 Å². The third kappa shape index (κ3) is 4.35. The molecule has 2 N–H and O–H groups in total. The Morgan fingerprint density at radius 3 is 2.63 bits per heavy atom. The van der Waals surface area contributed by atoms with Gasteiger partial charge in [-0.05, 0) is 43.6 Å². The van der Waals surface area contributed by atoms with Crippen LogP contribution in [0.1, 0.15) is 25.7 Å². The zero-order valence-electron chi connectivity index (χ0n) is 11.5. The van der Waals surface area contributed by atoms with Crippen molar-refractivity contribution in [1.82, 2.24) is 5.32 Å². The van der Waals surface area contributed by atoms with Crippen LogP contribution in [0.15, 0.2) is 29.2 Å². The molecule has 1 fully saturated rings. The fourth-order valence-corrected chi connectivity index (χ4v) is 3.47. The van der Waals surface area contributed by atoms with Crippen LogP contribution in [-0.2, 0) is 0 Å². The molecule has 0 saturated heterocycles. The maximum atomic E-state index is 11.9. The summed E-state index contributed by atoms with van der Waals surface area (Å²) in [5, 5.41) is 5.93. The molecule has 106 valence electrons. The van der Waals surface area contributed by atoms with Gasteiger partial charge < -0.3 is 10.6 Å². The molecule has 3 nitrogen and oxygen atoms in total. The molecule has 19 heavy (non-hydrogen) atoms. The molecule has 1 saturated carbocycles. The Bertz CT molecular complexity index is 451. The van der Waals surface area contributed by atoms with Gasteiger partial charge in [0.1, 0.15) is 0 Å². The first-order chi connectivity index (χ1) is 8.95. The molecule has 5 heteroatoms. The number of urea groups is 1. The first-order valence-corrected chi connectivity index (χ1v) is 10.1. The number of nitrogens with one attached hydrogen (secondary N) is 2. The zero-order valence-corrected chi connectivity index (χ0v) is 13.2. The molecule has 0 aromatic heterocycles. The van der Waals surface area contributed by atoms with Crippen LogP contribution in [0.2, 0.25) is 0 Å². The van der Waals surface area contributed by atoms with Crippen molar-refractivity contribution in [3.63, 3.8) is 0 Å². The van der Waals surface area contributed by atoms with E-state index in [-0.39, 0.29) is 6.03 Å². The Morgan fingerprint density at radius 1 is 1.32 bits per heavy atom. The van der Waals surface area contributed by atoms with Crippen LogP contribution < -0.4 is 10.6 Å². The van der Waals surface area contributed by atoms with Crippen molar-refractivity contribution < 1.29 is 4.79 Å². The van der Waals surface area contributed by atoms with Crippen molar-refractivity contribution in [2.24, 2.45) is 0 Å². The summed E-state index contributed by atoms with van der Waals surface area (Å²) in [6, 6.07) is 8.19. The molecule has 0 aliphatic heterocycles. The lowest BCUT2D eigenvalue weighted by Crippen LogP contribution is -2.36. The van der Waals surface area contributed by atoms with Crippen molar-refractivity contribution in [2.75, 3.05) is 17.8 Å². The highest BCUT2D eigenvalue weighted by Gasteiger charge is 2.17. The van der Waals surface area contributed by atoms with Gasteiger partial charge in [0.2, 0.25) is 0 Å². The molecule has 0 unspecified atom stereocenters. The smallest absolute Gasteiger partial charge is 0.319 e. The first kappa shape index (κ1) is 14.6. The molecule has 1 aliphatic carbocycles. The van der Waals surface area contributed by atoms with Gasteiger partial charge in [-0.2, -0.15) is 9.06 Å². The lowest BCUT2D eigenvalue weighted by molar-refractivity contribution is 0.248. The summed E-state index contributed by atoms with van der Waals surface area (Å²) in [6.45, 7) is 0. The minimum atomic E-state index is -1.06. The average molecular weight is 298 g/mol. The van der Waals surface area contributed by atoms with Gasteiger partial charge in [0.05, 0.1) is 0 Å². The van der Waals surface area contributed by atoms with Gasteiger partial charge in [0, 0.05) is 16.6 Å². The summed E-state index contributed by atoms with van der Waals surface area (Å²) in [7, 11) is -1.06. The van der Waals surface area contributed by atoms with E-state index in [1.165, 1.54) is 17.7 Å². The third-order valence-corrected chi connectivity index (χ3v) is 5.40. The Balaban J connectivity index is 1.96. The summed E-state index contributed by atoms with van der Waals surface area (Å²) in [4.78, 5) is 13.1. The molecular weight excluding hydrogens is 276 g/mol. The van der Waals surface area contributed by atoms with E-state index in [1.54, 1.807) is 0 Å². The molecule has 1 aromatic carbocycles. The summed E-state index contributed by atoms with van der Waals surface area (Å²) in [5.74, 6) is 0. The molecule has 1 aromatic rings. The van der Waals surface area contributed by atoms with E-state index in [4.69, 9.17) is 0 Å². The lowest BCUT2D eigenvalue weighted by atomic mass is 10.2. The monoisotopic (exact) mass is 298 g/mol. The minimum Gasteiger partial charge on any atom is -0.335 e. The lowest BCUT2D eigenvalue weighted by Gasteiger charge is -2.24. The summed E-state index contributed by atoms with van der Waals surface area (Å²) in [6.07, 6.45) is 8.87. The van der Waals surface area contributed by atoms with Gasteiger partial charge in [-0.3, -0.25) is 0 Å². The van der Waals surface area contributed by atoms with Gasteiger partial charge >= 0.3 is 6.03 Å². The second-order valence-electron chi connectivity index (χ2n) is 5.38. The number of hydrogen-bond donors (Lipinski definition) is 3. The molecule has 0 heterocycles. The predicted molar refractivity (Wildman–Crippen MR) is 87.5 cm³/mol. The normalized spacial score (nSPS) is 17.2. The van der Waals surface area contributed by atoms with Crippen LogP contribution in [0, 0.1) is 0 Å². The summed E-state index contributed by atoms with van der Waals surface area (Å²) >= 11 is 4.63. The number of rotatable bonds is 3. The number of carbonyl (C=O) groups is 1. The van der Waals surface area contributed by atoms with Crippen LogP contribution in [0.4, 0.5) is 10.5 Å². The largest absolute Gasteiger partial charge is 0.335 e. The van der Waals surface area contributed by atoms with E-state index in [9.17, 15) is 4.79 Å². The predicted octanol–water partition coefficient (Wildman–Crippen LogP) is 4.02. The third-order valence-electron chi connectivity index (χ3n) is 3.36. The number of hydrogen-bond acceptors (Lipinski definition) is 2. The fourth-order valence-electron chi connectivity index (χ4n) is 2.31. The Morgan fingerprint density at radius 2 is 2.00 bits per heavy atom. The van der Waals surface area contributed by atoms with Crippen molar-refractivity contribution >= 4 is 32.4 Å². The number of benzene rings is 1. The second kappa shape index (κ2) is 6.09. The van der Waals surface area contributed by atoms with Crippen LogP contribution in [0.3, 0.4) is 0 Å². The van der Waals surface area contributed by atoms with Gasteiger partial charge in [-0.1, -0.05) is 18.9 Å². The first-order valence-electron chi connectivity index (χ1n) is 6.58. The molecule has 2 amide bonds. The maximum Gasteiger partial charge on any atom is 0.319 e. The highest BCUT2D eigenvalue weighted by atomic mass is 33.1. The second-order valence-corrected chi connectivity index (χ2v) is 11.1. The average Bonchev–Trinajstić information content (AvgIpc) is 2.80. The van der Waals surface area contributed by atoms with E-state index in [1.807, 2.05) is 18.2 Å². The van der Waals surface area contributed by atoms with Crippen molar-refractivity contribution in [1.29, 1.82) is 0 Å². The maximum absolute atomic E-state index is 11.9. The number of thiol groups is 1. The van der Waals surface area contributed by atoms with Gasteiger partial charge in [0.15, 0.2) is 0 Å². The van der Waals surface area contributed by atoms with Crippen molar-refractivity contribution in [3.05, 3.63) is 24.3 Å². The molecule has 2 rings (SSSR count). The fraction of sp³-hybridized carbons (Fsp3) is 0.500. The van der Waals surface area contributed by atoms with Crippen LogP contribution in [0.25, 0.3) is 0 Å². The Labute approximate surface area is 121 Å². The van der Waals surface area contributed by atoms with E-state index < -0.39 is 9.06 Å². The summed E-state index contributed by atoms with van der Waals surface area (Å²) < 4.78 is 0. The van der Waals surface area contributed by atoms with E-state index in [0.717, 1.165) is 18.5 Å². The minimum absolute atomic E-state index is 0.101.